The van der Waals surface area contributed by atoms with Crippen LogP contribution in [0, 0.1) is 0 Å². The highest BCUT2D eigenvalue weighted by Gasteiger charge is 2.30. The molecule has 0 spiro atoms. The van der Waals surface area contributed by atoms with Crippen molar-refractivity contribution in [2.24, 2.45) is 10.7 Å². The lowest BCUT2D eigenvalue weighted by Gasteiger charge is -2.33. The molecule has 3 N–H and O–H groups in total. The van der Waals surface area contributed by atoms with Crippen molar-refractivity contribution < 1.29 is 0 Å². The van der Waals surface area contributed by atoms with Gasteiger partial charge >= 0.3 is 0 Å². The van der Waals surface area contributed by atoms with Gasteiger partial charge in [-0.1, -0.05) is 30.7 Å². The van der Waals surface area contributed by atoms with E-state index in [9.17, 15) is 0 Å². The molecule has 0 heterocycles. The van der Waals surface area contributed by atoms with Crippen LogP contribution in [0.15, 0.2) is 29.3 Å². The largest absolute Gasteiger partial charge is 0.370 e. The van der Waals surface area contributed by atoms with Gasteiger partial charge in [-0.3, -0.25) is 4.99 Å². The molecule has 1 saturated carbocycles. The lowest BCUT2D eigenvalue weighted by molar-refractivity contribution is 0.352. The molecule has 1 fully saturated rings. The van der Waals surface area contributed by atoms with Gasteiger partial charge in [0, 0.05) is 11.1 Å². The first-order valence-corrected chi connectivity index (χ1v) is 7.31. The predicted molar refractivity (Wildman–Crippen MR) is 81.7 cm³/mol. The molecule has 4 heteroatoms. The molecule has 0 radical (unpaired) electrons. The van der Waals surface area contributed by atoms with E-state index in [2.05, 4.69) is 36.3 Å². The van der Waals surface area contributed by atoms with Crippen molar-refractivity contribution in [3.8, 4) is 0 Å². The Hall–Kier alpha value is -1.22. The summed E-state index contributed by atoms with van der Waals surface area (Å²) in [6, 6.07) is 8.85. The number of benzene rings is 1. The van der Waals surface area contributed by atoms with Crippen LogP contribution in [-0.4, -0.2) is 18.0 Å². The van der Waals surface area contributed by atoms with Gasteiger partial charge in [-0.2, -0.15) is 0 Å². The van der Waals surface area contributed by atoms with Gasteiger partial charge in [0.25, 0.3) is 0 Å². The summed E-state index contributed by atoms with van der Waals surface area (Å²) in [7, 11) is 0. The summed E-state index contributed by atoms with van der Waals surface area (Å²) in [6.07, 6.45) is 3.20. The van der Waals surface area contributed by atoms with Crippen molar-refractivity contribution in [1.29, 1.82) is 0 Å². The third kappa shape index (κ3) is 3.87. The third-order valence-corrected chi connectivity index (χ3v) is 4.03. The van der Waals surface area contributed by atoms with E-state index in [1.54, 1.807) is 0 Å². The van der Waals surface area contributed by atoms with E-state index in [1.165, 1.54) is 5.56 Å². The topological polar surface area (TPSA) is 50.4 Å². The maximum absolute atomic E-state index is 5.89. The quantitative estimate of drug-likeness (QED) is 0.656. The molecule has 2 rings (SSSR count). The van der Waals surface area contributed by atoms with Gasteiger partial charge in [0.15, 0.2) is 5.96 Å². The highest BCUT2D eigenvalue weighted by molar-refractivity contribution is 6.30. The number of nitrogens with one attached hydrogen (secondary N) is 1. The molecule has 1 unspecified atom stereocenters. The molecular weight excluding hydrogens is 258 g/mol. The van der Waals surface area contributed by atoms with Crippen LogP contribution in [0.25, 0.3) is 0 Å². The number of nitrogens with two attached hydrogens (primary N) is 1. The van der Waals surface area contributed by atoms with Gasteiger partial charge in [-0.15, -0.1) is 0 Å². The Morgan fingerprint density at radius 1 is 1.42 bits per heavy atom. The highest BCUT2D eigenvalue weighted by Crippen LogP contribution is 2.38. The second-order valence-corrected chi connectivity index (χ2v) is 5.78. The van der Waals surface area contributed by atoms with E-state index < -0.39 is 0 Å². The molecule has 19 heavy (non-hydrogen) atoms. The number of hydrogen-bond donors (Lipinski definition) is 2. The number of nitrogens with zero attached hydrogens (tertiary/aromatic N) is 1. The zero-order valence-corrected chi connectivity index (χ0v) is 12.3. The summed E-state index contributed by atoms with van der Waals surface area (Å²) in [4.78, 5) is 4.52. The van der Waals surface area contributed by atoms with E-state index in [-0.39, 0.29) is 0 Å². The first-order valence-electron chi connectivity index (χ1n) is 6.93. The summed E-state index contributed by atoms with van der Waals surface area (Å²) in [6.45, 7) is 4.24. The normalized spacial score (nSPS) is 24.7. The fourth-order valence-electron chi connectivity index (χ4n) is 2.29. The monoisotopic (exact) mass is 279 g/mol. The molecular formula is C15H22ClN3. The van der Waals surface area contributed by atoms with E-state index in [0.29, 0.717) is 24.0 Å². The number of hydrogen-bond acceptors (Lipinski definition) is 1. The van der Waals surface area contributed by atoms with Crippen molar-refractivity contribution in [3.05, 3.63) is 34.9 Å². The Bertz CT molecular complexity index is 435. The molecule has 1 atom stereocenters. The van der Waals surface area contributed by atoms with Crippen LogP contribution in [-0.2, 0) is 0 Å². The average molecular weight is 280 g/mol. The van der Waals surface area contributed by atoms with Crippen LogP contribution in [0.5, 0.6) is 0 Å². The number of guanidine groups is 1. The minimum Gasteiger partial charge on any atom is -0.370 e. The van der Waals surface area contributed by atoms with E-state index in [4.69, 9.17) is 17.3 Å². The molecule has 0 bridgehead atoms. The fourth-order valence-corrected chi connectivity index (χ4v) is 2.41. The second-order valence-electron chi connectivity index (χ2n) is 5.34. The van der Waals surface area contributed by atoms with E-state index in [1.807, 2.05) is 12.1 Å². The lowest BCUT2D eigenvalue weighted by atomic mass is 9.76. The standard InChI is InChI=1S/C15H22ClN3/c1-3-10(2)18-15(17)19-14-8-12(9-14)11-4-6-13(16)7-5-11/h4-7,10,12,14H,3,8-9H2,1-2H3,(H3,17,18,19). The van der Waals surface area contributed by atoms with Crippen LogP contribution in [0.1, 0.15) is 44.6 Å². The van der Waals surface area contributed by atoms with Crippen LogP contribution in [0.4, 0.5) is 0 Å². The molecule has 0 aliphatic heterocycles. The predicted octanol–water partition coefficient (Wildman–Crippen LogP) is 3.29. The van der Waals surface area contributed by atoms with Gasteiger partial charge in [0.05, 0.1) is 6.04 Å². The first kappa shape index (κ1) is 14.2. The van der Waals surface area contributed by atoms with Crippen LogP contribution in [0.3, 0.4) is 0 Å². The highest BCUT2D eigenvalue weighted by atomic mass is 35.5. The molecule has 0 saturated heterocycles. The van der Waals surface area contributed by atoms with Crippen LogP contribution < -0.4 is 11.1 Å². The Kier molecular flexibility index (Phi) is 4.70. The molecule has 1 aromatic carbocycles. The van der Waals surface area contributed by atoms with Gasteiger partial charge in [0.1, 0.15) is 0 Å². The van der Waals surface area contributed by atoms with Crippen LogP contribution >= 0.6 is 11.6 Å². The molecule has 1 aliphatic rings. The van der Waals surface area contributed by atoms with Crippen molar-refractivity contribution >= 4 is 17.6 Å². The SMILES string of the molecule is CCC(C)NC(N)=NC1CC(c2ccc(Cl)cc2)C1. The smallest absolute Gasteiger partial charge is 0.189 e. The minimum atomic E-state index is 0.359. The summed E-state index contributed by atoms with van der Waals surface area (Å²) < 4.78 is 0. The number of aliphatic imine (C=N–C) groups is 1. The summed E-state index contributed by atoms with van der Waals surface area (Å²) in [5.74, 6) is 1.18. The molecule has 1 aromatic rings. The Morgan fingerprint density at radius 3 is 2.63 bits per heavy atom. The molecule has 0 aromatic heterocycles. The summed E-state index contributed by atoms with van der Waals surface area (Å²) in [5, 5.41) is 3.99. The van der Waals surface area contributed by atoms with Crippen molar-refractivity contribution in [3.63, 3.8) is 0 Å². The Balaban J connectivity index is 1.82. The van der Waals surface area contributed by atoms with Gasteiger partial charge in [0.2, 0.25) is 0 Å². The van der Waals surface area contributed by atoms with Crippen LogP contribution in [0.2, 0.25) is 5.02 Å². The Labute approximate surface area is 120 Å². The first-order chi connectivity index (χ1) is 9.08. The van der Waals surface area contributed by atoms with Crippen molar-refractivity contribution in [2.45, 2.75) is 51.1 Å². The molecule has 3 nitrogen and oxygen atoms in total. The van der Waals surface area contributed by atoms with Gasteiger partial charge in [-0.25, -0.2) is 0 Å². The Morgan fingerprint density at radius 2 is 2.05 bits per heavy atom. The molecule has 104 valence electrons. The van der Waals surface area contributed by atoms with Gasteiger partial charge < -0.3 is 11.1 Å². The maximum atomic E-state index is 5.89. The third-order valence-electron chi connectivity index (χ3n) is 3.78. The zero-order valence-electron chi connectivity index (χ0n) is 11.6. The van der Waals surface area contributed by atoms with Crippen molar-refractivity contribution in [1.82, 2.24) is 5.32 Å². The second kappa shape index (κ2) is 6.29. The summed E-state index contributed by atoms with van der Waals surface area (Å²) in [5.41, 5.74) is 7.24. The summed E-state index contributed by atoms with van der Waals surface area (Å²) >= 11 is 5.89. The maximum Gasteiger partial charge on any atom is 0.189 e. The fraction of sp³-hybridized carbons (Fsp3) is 0.533. The van der Waals surface area contributed by atoms with Crippen molar-refractivity contribution in [2.75, 3.05) is 0 Å². The van der Waals surface area contributed by atoms with Gasteiger partial charge in [-0.05, 0) is 49.8 Å². The average Bonchev–Trinajstić information content (AvgIpc) is 2.34. The molecule has 0 amide bonds. The lowest BCUT2D eigenvalue weighted by Crippen LogP contribution is -2.40. The minimum absolute atomic E-state index is 0.359. The van der Waals surface area contributed by atoms with E-state index in [0.717, 1.165) is 24.3 Å². The number of rotatable bonds is 4. The molecule has 1 aliphatic carbocycles. The number of halogens is 1. The zero-order chi connectivity index (χ0) is 13.8. The van der Waals surface area contributed by atoms with E-state index >= 15 is 0 Å².